The van der Waals surface area contributed by atoms with E-state index in [1.54, 1.807) is 60.7 Å². The van der Waals surface area contributed by atoms with Gasteiger partial charge < -0.3 is 0 Å². The maximum atomic E-state index is 15.0. The van der Waals surface area contributed by atoms with Gasteiger partial charge in [-0.15, -0.1) is 0 Å². The van der Waals surface area contributed by atoms with Gasteiger partial charge in [-0.3, -0.25) is 20.2 Å². The normalized spacial score (nSPS) is 14.9. The Morgan fingerprint density at radius 2 is 0.878 bits per heavy atom. The zero-order valence-corrected chi connectivity index (χ0v) is 25.2. The third kappa shape index (κ3) is 5.65. The molecule has 208 valence electrons. The smallest absolute Gasteiger partial charge is 0.262 e. The van der Waals surface area contributed by atoms with Gasteiger partial charge in [0.2, 0.25) is 0 Å². The summed E-state index contributed by atoms with van der Waals surface area (Å²) in [4.78, 5) is 18.1. The Morgan fingerprint density at radius 1 is 0.561 bits per heavy atom. The molecule has 4 aromatic carbocycles. The predicted molar refractivity (Wildman–Crippen MR) is 166 cm³/mol. The monoisotopic (exact) mass is 696 g/mol. The number of halogens is 2. The van der Waals surface area contributed by atoms with Gasteiger partial charge in [-0.2, -0.15) is 0 Å². The molecule has 4 aromatic rings. The molecule has 0 aliphatic rings. The Hall–Kier alpha value is -3.93. The van der Waals surface area contributed by atoms with E-state index in [0.717, 1.165) is 12.2 Å². The first-order valence-electron chi connectivity index (χ1n) is 12.1. The summed E-state index contributed by atoms with van der Waals surface area (Å²) >= 11 is 6.54. The Bertz CT molecular complexity index is 1590. The molecule has 4 rings (SSSR count). The largest absolute Gasteiger partial charge is 0.370 e. The minimum Gasteiger partial charge on any atom is -0.262 e. The highest BCUT2D eigenvalue weighted by atomic mass is 79.9. The maximum Gasteiger partial charge on any atom is 0.370 e. The molecule has 0 aliphatic carbocycles. The van der Waals surface area contributed by atoms with Gasteiger partial charge in [0, 0.05) is 32.2 Å². The Kier molecular flexibility index (Phi) is 9.01. The van der Waals surface area contributed by atoms with Gasteiger partial charge in [-0.1, -0.05) is 105 Å². The van der Waals surface area contributed by atoms with Gasteiger partial charge >= 0.3 is 19.6 Å². The van der Waals surface area contributed by atoms with Crippen molar-refractivity contribution in [3.63, 3.8) is 0 Å². The lowest BCUT2D eigenvalue weighted by atomic mass is 10.0. The number of nitro groups is 2. The summed E-state index contributed by atoms with van der Waals surface area (Å²) in [5.41, 5.74) is 0.408. The molecular weight excluding hydrogens is 676 g/mol. The highest BCUT2D eigenvalue weighted by molar-refractivity contribution is 9.10. The zero-order chi connectivity index (χ0) is 29.7. The van der Waals surface area contributed by atoms with Crippen LogP contribution in [0.2, 0.25) is 0 Å². The number of nitrogens with zero attached hydrogens (tertiary/aromatic N) is 2. The molecule has 0 spiro atoms. The van der Waals surface area contributed by atoms with Crippen LogP contribution >= 0.6 is 31.9 Å². The Balaban J connectivity index is 2.13. The molecule has 0 saturated carbocycles. The first-order chi connectivity index (χ1) is 19.5. The molecule has 0 fully saturated rings. The van der Waals surface area contributed by atoms with Gasteiger partial charge in [0.15, 0.2) is 0 Å². The molecule has 2 atom stereocenters. The summed E-state index contributed by atoms with van der Waals surface area (Å²) in [6.07, 6.45) is 4.40. The van der Waals surface area contributed by atoms with Crippen molar-refractivity contribution in [3.05, 3.63) is 173 Å². The quantitative estimate of drug-likeness (QED) is 0.124. The van der Waals surface area contributed by atoms with Crippen LogP contribution in [0.4, 0.5) is 0 Å². The van der Waals surface area contributed by atoms with Crippen molar-refractivity contribution in [2.45, 2.75) is 9.74 Å². The molecule has 0 N–H and O–H groups in total. The lowest BCUT2D eigenvalue weighted by Crippen LogP contribution is -2.54. The number of sulfone groups is 1. The second kappa shape index (κ2) is 12.3. The molecule has 41 heavy (non-hydrogen) atoms. The molecule has 0 aliphatic heterocycles. The summed E-state index contributed by atoms with van der Waals surface area (Å²) < 4.78 is 31.0. The number of rotatable bonds is 10. The van der Waals surface area contributed by atoms with Crippen molar-refractivity contribution in [2.24, 2.45) is 0 Å². The van der Waals surface area contributed by atoms with Crippen molar-refractivity contribution in [2.75, 3.05) is 0 Å². The highest BCUT2D eigenvalue weighted by Gasteiger charge is 2.71. The predicted octanol–water partition coefficient (Wildman–Crippen LogP) is 7.61. The summed E-state index contributed by atoms with van der Waals surface area (Å²) in [5, 5.41) is 26.2. The second-order valence-corrected chi connectivity index (χ2v) is 13.0. The minimum absolute atomic E-state index is 0.269. The van der Waals surface area contributed by atoms with E-state index in [2.05, 4.69) is 31.9 Å². The van der Waals surface area contributed by atoms with Crippen LogP contribution in [0.5, 0.6) is 0 Å². The molecule has 0 radical (unpaired) electrons. The minimum atomic E-state index is -5.46. The van der Waals surface area contributed by atoms with Crippen LogP contribution in [-0.2, 0) is 19.6 Å². The van der Waals surface area contributed by atoms with Gasteiger partial charge in [-0.05, 0) is 59.7 Å². The highest BCUT2D eigenvalue weighted by Crippen LogP contribution is 2.47. The molecule has 0 bridgehead atoms. The molecule has 8 nitrogen and oxygen atoms in total. The first-order valence-corrected chi connectivity index (χ1v) is 15.2. The molecule has 0 amide bonds. The van der Waals surface area contributed by atoms with Crippen LogP contribution in [0.15, 0.2) is 130 Å². The zero-order valence-electron chi connectivity index (χ0n) is 21.2. The molecule has 0 saturated heterocycles. The van der Waals surface area contributed by atoms with Crippen LogP contribution in [0, 0.1) is 20.2 Å². The second-order valence-electron chi connectivity index (χ2n) is 8.91. The van der Waals surface area contributed by atoms with E-state index in [0.29, 0.717) is 20.1 Å². The van der Waals surface area contributed by atoms with Crippen molar-refractivity contribution in [3.8, 4) is 0 Å². The molecule has 2 unspecified atom stereocenters. The van der Waals surface area contributed by atoms with E-state index in [4.69, 9.17) is 0 Å². The van der Waals surface area contributed by atoms with Crippen LogP contribution in [-0.4, -0.2) is 18.3 Å². The fourth-order valence-electron chi connectivity index (χ4n) is 4.37. The van der Waals surface area contributed by atoms with E-state index in [-0.39, 0.29) is 11.1 Å². The average Bonchev–Trinajstić information content (AvgIpc) is 2.96. The number of hydrogen-bond acceptors (Lipinski definition) is 6. The van der Waals surface area contributed by atoms with Crippen molar-refractivity contribution in [1.82, 2.24) is 0 Å². The summed E-state index contributed by atoms with van der Waals surface area (Å²) in [6, 6.07) is 27.7. The van der Waals surface area contributed by atoms with E-state index in [1.807, 2.05) is 0 Å². The maximum absolute atomic E-state index is 15.0. The van der Waals surface area contributed by atoms with Crippen LogP contribution in [0.25, 0.3) is 12.2 Å². The fourth-order valence-corrected chi connectivity index (χ4v) is 7.15. The first kappa shape index (κ1) is 30.0. The van der Waals surface area contributed by atoms with E-state index in [9.17, 15) is 28.6 Å². The Morgan fingerprint density at radius 3 is 1.17 bits per heavy atom. The summed E-state index contributed by atoms with van der Waals surface area (Å²) in [5.74, 6) is 0. The lowest BCUT2D eigenvalue weighted by molar-refractivity contribution is -0.552. The number of benzene rings is 4. The lowest BCUT2D eigenvalue weighted by Gasteiger charge is -2.30. The molecule has 11 heteroatoms. The average molecular weight is 698 g/mol. The summed E-state index contributed by atoms with van der Waals surface area (Å²) in [7, 11) is -5.46. The summed E-state index contributed by atoms with van der Waals surface area (Å²) in [6.45, 7) is 0. The van der Waals surface area contributed by atoms with E-state index in [1.165, 1.54) is 60.7 Å². The standard InChI is InChI=1S/C30H22Br2N2O6S/c31-27-15-11-25(12-16-27)29(33(35)36,21-19-23-7-3-1-4-8-23)41(39,40)30(34(37)38,26-13-17-28(32)18-14-26)22-20-24-9-5-2-6-10-24/h1-22H/b21-19+,22-20+. The van der Waals surface area contributed by atoms with Gasteiger partial charge in [0.05, 0.1) is 9.85 Å². The van der Waals surface area contributed by atoms with E-state index >= 15 is 0 Å². The topological polar surface area (TPSA) is 120 Å². The fraction of sp³-hybridized carbons (Fsp3) is 0.0667. The van der Waals surface area contributed by atoms with Crippen LogP contribution < -0.4 is 0 Å². The Labute approximate surface area is 253 Å². The third-order valence-electron chi connectivity index (χ3n) is 6.48. The van der Waals surface area contributed by atoms with Gasteiger partial charge in [-0.25, -0.2) is 8.42 Å². The van der Waals surface area contributed by atoms with Crippen molar-refractivity contribution >= 4 is 53.8 Å². The molecular formula is C30H22Br2N2O6S. The van der Waals surface area contributed by atoms with Gasteiger partial charge in [0.25, 0.3) is 0 Å². The number of hydrogen-bond donors (Lipinski definition) is 0. The van der Waals surface area contributed by atoms with Crippen LogP contribution in [0.1, 0.15) is 22.3 Å². The van der Waals surface area contributed by atoms with Crippen molar-refractivity contribution in [1.29, 1.82) is 0 Å². The van der Waals surface area contributed by atoms with Crippen LogP contribution in [0.3, 0.4) is 0 Å². The molecule has 0 heterocycles. The SMILES string of the molecule is O=[N+]([O-])C(/C=C/c1ccccc1)(c1ccc(Br)cc1)S(=O)(=O)C(/C=C/c1ccccc1)(c1ccc(Br)cc1)[N+](=O)[O-]. The van der Waals surface area contributed by atoms with E-state index < -0.39 is 29.4 Å². The van der Waals surface area contributed by atoms with Crippen molar-refractivity contribution < 1.29 is 18.3 Å². The molecule has 0 aromatic heterocycles. The third-order valence-corrected chi connectivity index (χ3v) is 10.2. The van der Waals surface area contributed by atoms with Gasteiger partial charge in [0.1, 0.15) is 0 Å².